The van der Waals surface area contributed by atoms with E-state index in [4.69, 9.17) is 22.9 Å². The van der Waals surface area contributed by atoms with Crippen LogP contribution in [0.5, 0.6) is 0 Å². The van der Waals surface area contributed by atoms with E-state index in [0.29, 0.717) is 45.1 Å². The molecule has 3 aromatic heterocycles. The topological polar surface area (TPSA) is 583 Å². The zero-order chi connectivity index (χ0) is 68.9. The van der Waals surface area contributed by atoms with E-state index in [1.165, 1.54) is 51.1 Å². The zero-order valence-electron chi connectivity index (χ0n) is 52.4. The van der Waals surface area contributed by atoms with Crippen LogP contribution in [0.1, 0.15) is 121 Å². The molecule has 0 aromatic carbocycles. The van der Waals surface area contributed by atoms with Gasteiger partial charge in [-0.1, -0.05) is 29.0 Å². The molecule has 0 unspecified atom stereocenters. The Kier molecular flexibility index (Phi) is 34.3. The minimum Gasteiger partial charge on any atom is -0.359 e. The number of unbranched alkanes of at least 4 members (excludes halogenated alkanes) is 3. The molecule has 92 heavy (non-hydrogen) atoms. The van der Waals surface area contributed by atoms with Gasteiger partial charge < -0.3 is 78.9 Å². The molecule has 0 saturated carbocycles. The summed E-state index contributed by atoms with van der Waals surface area (Å²) >= 11 is 0. The molecular weight excluding hydrogens is 1270 g/mol. The zero-order valence-corrected chi connectivity index (χ0v) is 55.0. The number of hydrogen-bond donors (Lipinski definition) is 15. The van der Waals surface area contributed by atoms with E-state index in [1.807, 2.05) is 0 Å². The molecule has 0 saturated heterocycles. The molecule has 0 spiro atoms. The number of carbonyl (C=O) groups is 9. The molecule has 0 aliphatic rings. The highest BCUT2D eigenvalue weighted by Crippen LogP contribution is 2.35. The van der Waals surface area contributed by atoms with Gasteiger partial charge in [0, 0.05) is 82.4 Å². The summed E-state index contributed by atoms with van der Waals surface area (Å²) in [5, 5.41) is 36.9. The Labute approximate surface area is 532 Å². The van der Waals surface area contributed by atoms with Gasteiger partial charge in [-0.25, -0.2) is 0 Å². The second-order valence-corrected chi connectivity index (χ2v) is 28.4. The fraction of sp³-hybridized carbons (Fsp3) is 0.717. The fourth-order valence-electron chi connectivity index (χ4n) is 9.52. The van der Waals surface area contributed by atoms with Gasteiger partial charge in [-0.3, -0.25) is 70.9 Å². The van der Waals surface area contributed by atoms with Crippen molar-refractivity contribution in [2.24, 2.45) is 46.6 Å². The first-order chi connectivity index (χ1) is 43.1. The van der Waals surface area contributed by atoms with E-state index in [2.05, 4.69) is 57.5 Å². The molecule has 0 aliphatic heterocycles. The highest BCUT2D eigenvalue weighted by atomic mass is 31.2. The second-order valence-electron chi connectivity index (χ2n) is 23.0. The van der Waals surface area contributed by atoms with Crippen LogP contribution in [-0.2, 0) is 95.7 Å². The highest BCUT2D eigenvalue weighted by molar-refractivity contribution is 7.52. The van der Waals surface area contributed by atoms with Gasteiger partial charge in [-0.2, -0.15) is 0 Å². The maximum Gasteiger partial charge on any atom is 0.327 e. The van der Waals surface area contributed by atoms with Crippen molar-refractivity contribution in [2.75, 3.05) is 45.2 Å². The van der Waals surface area contributed by atoms with Crippen molar-refractivity contribution in [1.29, 1.82) is 0 Å². The number of Topliss-reactive ketones (excluding diaryl/α,β-unsaturated/α-hetero) is 4. The van der Waals surface area contributed by atoms with Gasteiger partial charge in [0.15, 0.2) is 23.1 Å². The number of hydrogen-bond acceptors (Lipinski definition) is 22. The lowest BCUT2D eigenvalue weighted by molar-refractivity contribution is -0.136. The average molecular weight is 1360 g/mol. The first kappa shape index (κ1) is 80.0. The summed E-state index contributed by atoms with van der Waals surface area (Å²) in [5.74, 6) is -10.7. The molecule has 3 heterocycles. The maximum absolute atomic E-state index is 14.6. The molecule has 39 heteroatoms. The third-order valence-corrected chi connectivity index (χ3v) is 17.2. The summed E-state index contributed by atoms with van der Waals surface area (Å²) in [6, 6.07) is -6.06. The Hall–Kier alpha value is -6.26. The Bertz CT molecular complexity index is 3050. The predicted molar refractivity (Wildman–Crippen MR) is 330 cm³/mol. The van der Waals surface area contributed by atoms with E-state index in [-0.39, 0.29) is 88.3 Å². The Morgan fingerprint density at radius 1 is 0.457 bits per heavy atom. The molecule has 0 aliphatic carbocycles. The molecule has 19 N–H and O–H groups in total. The van der Waals surface area contributed by atoms with Crippen molar-refractivity contribution < 1.29 is 86.2 Å². The maximum atomic E-state index is 14.6. The number of nitrogens with zero attached hydrogens (tertiary/aromatic N) is 9. The standard InChI is InChI=1S/C53H93N18O18P3/c1-33(49(76)60-42(12-6-9-15-55)47(74)27-37(51(78)58-4)24-39-30-69(66-63-39)17-20-90(81,82)83)23-46(73)44(29-41-32-71(68-65-41)19-22-92(87,88)89)62-52(79)36(11-5-8-14-54)26-45(72)35(3)59-53(80)38(25-40-31-70(67-64-40)18-21-91(84,85)86)28-48(75)43(13-7-10-16-56)61-50(77)34(2)57/h30-38,42-44H,5-29,54-57H2,1-4H3,(H,58,78)(H,59,80)(H,60,76)(H,61,77)(H,62,79)(H2,81,82,83)(H2,84,85,86)(H2,87,88,89)/t33-,34+,35+,36-,37-,38-,42+,43+,44+/m1/s1. The predicted octanol–water partition coefficient (Wildman–Crippen LogP) is -3.22. The Morgan fingerprint density at radius 3 is 1.22 bits per heavy atom. The third-order valence-electron chi connectivity index (χ3n) is 14.9. The van der Waals surface area contributed by atoms with Crippen molar-refractivity contribution in [3.05, 3.63) is 35.7 Å². The average Bonchev–Trinajstić information content (AvgIpc) is 2.62. The molecule has 9 atom stereocenters. The van der Waals surface area contributed by atoms with Crippen LogP contribution in [0, 0.1) is 23.7 Å². The van der Waals surface area contributed by atoms with Gasteiger partial charge in [0.1, 0.15) is 0 Å². The minimum absolute atomic E-state index is 0.0427. The third kappa shape index (κ3) is 31.1. The normalized spacial score (nSPS) is 15.0. The van der Waals surface area contributed by atoms with E-state index < -0.39 is 174 Å². The van der Waals surface area contributed by atoms with Crippen LogP contribution in [0.25, 0.3) is 0 Å². The highest BCUT2D eigenvalue weighted by Gasteiger charge is 2.36. The number of amides is 5. The van der Waals surface area contributed by atoms with E-state index in [9.17, 15) is 86.2 Å². The quantitative estimate of drug-likeness (QED) is 0.0195. The summed E-state index contributed by atoms with van der Waals surface area (Å²) in [6.07, 6.45) is 2.39. The second kappa shape index (κ2) is 39.4. The number of nitrogens with one attached hydrogen (secondary N) is 5. The molecule has 0 fully saturated rings. The van der Waals surface area contributed by atoms with Crippen LogP contribution in [-0.4, -0.2) is 202 Å². The summed E-state index contributed by atoms with van der Waals surface area (Å²) in [6.45, 7) is 4.25. The van der Waals surface area contributed by atoms with Crippen LogP contribution in [0.4, 0.5) is 0 Å². The molecule has 3 rings (SSSR count). The number of aryl methyl sites for hydroxylation is 3. The Balaban J connectivity index is 1.93. The van der Waals surface area contributed by atoms with Crippen molar-refractivity contribution in [3.8, 4) is 0 Å². The van der Waals surface area contributed by atoms with Crippen molar-refractivity contribution in [1.82, 2.24) is 71.6 Å². The Morgan fingerprint density at radius 2 is 0.815 bits per heavy atom. The van der Waals surface area contributed by atoms with Crippen molar-refractivity contribution in [3.63, 3.8) is 0 Å². The molecular formula is C53H93N18O18P3. The van der Waals surface area contributed by atoms with Gasteiger partial charge in [0.2, 0.25) is 29.5 Å². The summed E-state index contributed by atoms with van der Waals surface area (Å²) in [4.78, 5) is 182. The van der Waals surface area contributed by atoms with Crippen molar-refractivity contribution in [2.45, 2.75) is 173 Å². The van der Waals surface area contributed by atoms with Crippen LogP contribution < -0.4 is 49.5 Å². The molecule has 0 radical (unpaired) electrons. The minimum atomic E-state index is -4.49. The monoisotopic (exact) mass is 1360 g/mol. The van der Waals surface area contributed by atoms with Gasteiger partial charge >= 0.3 is 22.8 Å². The molecule has 3 aromatic rings. The molecule has 5 amide bonds. The number of carbonyl (C=O) groups excluding carboxylic acids is 9. The summed E-state index contributed by atoms with van der Waals surface area (Å²) in [5.41, 5.74) is 23.5. The lowest BCUT2D eigenvalue weighted by Gasteiger charge is -2.25. The number of ketones is 4. The molecule has 0 bridgehead atoms. The first-order valence-corrected chi connectivity index (χ1v) is 35.7. The van der Waals surface area contributed by atoms with Crippen LogP contribution in [0.2, 0.25) is 0 Å². The van der Waals surface area contributed by atoms with Crippen LogP contribution >= 0.6 is 22.8 Å². The smallest absolute Gasteiger partial charge is 0.327 e. The summed E-state index contributed by atoms with van der Waals surface area (Å²) in [7, 11) is -11.9. The molecule has 36 nitrogen and oxygen atoms in total. The molecule has 518 valence electrons. The number of rotatable bonds is 48. The number of nitrogens with two attached hydrogens (primary N) is 4. The first-order valence-electron chi connectivity index (χ1n) is 30.3. The largest absolute Gasteiger partial charge is 0.359 e. The van der Waals surface area contributed by atoms with Gasteiger partial charge in [-0.15, -0.1) is 15.3 Å². The van der Waals surface area contributed by atoms with Gasteiger partial charge in [0.05, 0.1) is 97.2 Å². The van der Waals surface area contributed by atoms with Crippen LogP contribution in [0.3, 0.4) is 0 Å². The fourth-order valence-corrected chi connectivity index (χ4v) is 10.9. The van der Waals surface area contributed by atoms with E-state index in [0.717, 1.165) is 9.36 Å². The van der Waals surface area contributed by atoms with E-state index >= 15 is 0 Å². The number of aromatic nitrogens is 9. The van der Waals surface area contributed by atoms with E-state index in [1.54, 1.807) is 0 Å². The van der Waals surface area contributed by atoms with Gasteiger partial charge in [0.25, 0.3) is 0 Å². The van der Waals surface area contributed by atoms with Crippen molar-refractivity contribution >= 4 is 75.5 Å². The van der Waals surface area contributed by atoms with Crippen LogP contribution in [0.15, 0.2) is 18.6 Å². The van der Waals surface area contributed by atoms with Gasteiger partial charge in [-0.05, 0) is 84.8 Å². The lowest BCUT2D eigenvalue weighted by atomic mass is 9.90. The summed E-state index contributed by atoms with van der Waals surface area (Å²) < 4.78 is 38.1. The lowest BCUT2D eigenvalue weighted by Crippen LogP contribution is -2.49. The SMILES string of the molecule is CNC(=O)[C@@H](CC(=O)[C@H](CCCCN)NC(=O)[C@H](C)CC(=O)[C@H](Cc1cn(CCP(=O)(O)O)nn1)NC(=O)[C@H](CCCCN)CC(=O)[C@H](C)NC(=O)[C@@H](CC(=O)[C@H](CCCCN)NC(=O)[C@H](C)N)Cc1cn(CCP(=O)(O)O)nn1)Cc1cn(CCP(=O)(O)O)nn1.